The summed E-state index contributed by atoms with van der Waals surface area (Å²) < 4.78 is 11.2. The molecule has 0 heterocycles. The summed E-state index contributed by atoms with van der Waals surface area (Å²) in [4.78, 5) is 51.8. The molecule has 0 radical (unpaired) electrons. The lowest BCUT2D eigenvalue weighted by Gasteiger charge is -2.32. The summed E-state index contributed by atoms with van der Waals surface area (Å²) in [6, 6.07) is 3.94. The van der Waals surface area contributed by atoms with E-state index >= 15 is 0 Å². The minimum absolute atomic E-state index is 0.0103. The second kappa shape index (κ2) is 34.4. The van der Waals surface area contributed by atoms with Gasteiger partial charge in [-0.2, -0.15) is 0 Å². The third-order valence-electron chi connectivity index (χ3n) is 8.81. The van der Waals surface area contributed by atoms with Gasteiger partial charge in [-0.3, -0.25) is 14.4 Å². The summed E-state index contributed by atoms with van der Waals surface area (Å²) >= 11 is 0. The Hall–Kier alpha value is -4.36. The zero-order valence-corrected chi connectivity index (χ0v) is 38.1. The number of carbonyl (C=O) groups is 4. The zero-order valence-electron chi connectivity index (χ0n) is 36.5. The highest BCUT2D eigenvalue weighted by atomic mass is 33.1. The summed E-state index contributed by atoms with van der Waals surface area (Å²) in [5.74, 6) is -1.04. The maximum Gasteiger partial charge on any atom is 0.342 e. The van der Waals surface area contributed by atoms with E-state index in [0.29, 0.717) is 19.4 Å². The van der Waals surface area contributed by atoms with E-state index in [1.54, 1.807) is 35.4 Å². The van der Waals surface area contributed by atoms with Crippen LogP contribution in [0, 0.1) is 5.41 Å². The lowest BCUT2D eigenvalue weighted by Crippen LogP contribution is -2.49. The predicted molar refractivity (Wildman–Crippen MR) is 252 cm³/mol. The quantitative estimate of drug-likeness (QED) is 0.0112. The average molecular weight is 869 g/mol. The highest BCUT2D eigenvalue weighted by molar-refractivity contribution is 8.76. The maximum absolute atomic E-state index is 13.5. The fraction of sp³-hybridized carbons (Fsp3) is 0.532. The molecule has 0 aliphatic rings. The molecule has 0 fully saturated rings. The molecule has 1 aromatic rings. The van der Waals surface area contributed by atoms with Crippen LogP contribution in [-0.4, -0.2) is 72.7 Å². The van der Waals surface area contributed by atoms with Crippen molar-refractivity contribution in [3.63, 3.8) is 0 Å². The number of phenolic OH excluding ortho intramolecular Hbond substituents is 1. The third-order valence-corrected chi connectivity index (χ3v) is 11.2. The number of nitrogens with two attached hydrogens (primary N) is 1. The van der Waals surface area contributed by atoms with Crippen molar-refractivity contribution in [2.75, 3.05) is 43.5 Å². The van der Waals surface area contributed by atoms with Gasteiger partial charge in [0.2, 0.25) is 5.91 Å². The maximum atomic E-state index is 13.5. The molecule has 13 heteroatoms. The van der Waals surface area contributed by atoms with Gasteiger partial charge in [0.1, 0.15) is 17.9 Å². The van der Waals surface area contributed by atoms with E-state index in [0.717, 1.165) is 68.7 Å². The van der Waals surface area contributed by atoms with Crippen LogP contribution in [-0.2, 0) is 23.9 Å². The number of unbranched alkanes of at least 4 members (excludes halogenated alkanes) is 3. The van der Waals surface area contributed by atoms with Crippen LogP contribution in [0.3, 0.4) is 0 Å². The van der Waals surface area contributed by atoms with Crippen LogP contribution in [0.5, 0.6) is 5.75 Å². The van der Waals surface area contributed by atoms with Gasteiger partial charge < -0.3 is 36.3 Å². The molecule has 6 N–H and O–H groups in total. The number of carbonyl (C=O) groups excluding carboxylic acids is 4. The van der Waals surface area contributed by atoms with E-state index in [1.807, 2.05) is 6.08 Å². The second-order valence-corrected chi connectivity index (χ2v) is 17.5. The molecule has 0 aromatic heterocycles. The summed E-state index contributed by atoms with van der Waals surface area (Å²) in [6.45, 7) is 12.7. The lowest BCUT2D eigenvalue weighted by atomic mass is 9.86. The number of anilines is 1. The molecule has 2 amide bonds. The summed E-state index contributed by atoms with van der Waals surface area (Å²) in [5.41, 5.74) is 5.73. The van der Waals surface area contributed by atoms with Gasteiger partial charge in [0.05, 0.1) is 0 Å². The number of rotatable bonds is 34. The number of nitrogens with one attached hydrogen (secondary N) is 3. The first-order chi connectivity index (χ1) is 28.9. The number of hydrogen-bond donors (Lipinski definition) is 5. The molecule has 0 saturated heterocycles. The van der Waals surface area contributed by atoms with Crippen molar-refractivity contribution in [2.45, 2.75) is 117 Å². The molecule has 1 rings (SSSR count). The molecule has 0 unspecified atom stereocenters. The average Bonchev–Trinajstić information content (AvgIpc) is 3.22. The number of benzene rings is 1. The van der Waals surface area contributed by atoms with Gasteiger partial charge in [-0.05, 0) is 76.0 Å². The number of amides is 2. The van der Waals surface area contributed by atoms with E-state index in [4.69, 9.17) is 15.2 Å². The minimum Gasteiger partial charge on any atom is -0.507 e. The largest absolute Gasteiger partial charge is 0.507 e. The Morgan fingerprint density at radius 2 is 1.38 bits per heavy atom. The summed E-state index contributed by atoms with van der Waals surface area (Å²) in [7, 11) is 3.40. The molecule has 0 bridgehead atoms. The Labute approximate surface area is 368 Å². The van der Waals surface area contributed by atoms with E-state index in [2.05, 4.69) is 91.1 Å². The molecule has 0 saturated carbocycles. The van der Waals surface area contributed by atoms with Gasteiger partial charge in [-0.25, -0.2) is 4.79 Å². The van der Waals surface area contributed by atoms with Crippen LogP contribution >= 0.6 is 21.6 Å². The van der Waals surface area contributed by atoms with Crippen LogP contribution < -0.4 is 21.7 Å². The molecule has 11 nitrogen and oxygen atoms in total. The summed E-state index contributed by atoms with van der Waals surface area (Å²) in [5, 5.41) is 19.2. The number of nitrogen functional groups attached to an aromatic ring is 1. The van der Waals surface area contributed by atoms with Crippen molar-refractivity contribution in [3.8, 4) is 5.75 Å². The van der Waals surface area contributed by atoms with Crippen LogP contribution in [0.4, 0.5) is 5.69 Å². The molecule has 1 aromatic carbocycles. The van der Waals surface area contributed by atoms with Crippen LogP contribution in [0.25, 0.3) is 0 Å². The van der Waals surface area contributed by atoms with Gasteiger partial charge in [-0.1, -0.05) is 129 Å². The third kappa shape index (κ3) is 27.4. The van der Waals surface area contributed by atoms with Crippen molar-refractivity contribution in [2.24, 2.45) is 5.41 Å². The Bertz CT molecular complexity index is 1570. The fourth-order valence-electron chi connectivity index (χ4n) is 5.38. The van der Waals surface area contributed by atoms with Crippen LogP contribution in [0.2, 0.25) is 0 Å². The fourth-order valence-corrected chi connectivity index (χ4v) is 7.19. The highest BCUT2D eigenvalue weighted by Gasteiger charge is 2.40. The van der Waals surface area contributed by atoms with E-state index in [1.165, 1.54) is 31.0 Å². The molecule has 0 aliphatic heterocycles. The van der Waals surface area contributed by atoms with Crippen molar-refractivity contribution in [1.82, 2.24) is 16.0 Å². The first-order valence-corrected chi connectivity index (χ1v) is 23.8. The van der Waals surface area contributed by atoms with Crippen molar-refractivity contribution in [3.05, 3.63) is 96.8 Å². The number of hydrogen-bond acceptors (Lipinski definition) is 11. The minimum atomic E-state index is -1.43. The Morgan fingerprint density at radius 1 is 0.783 bits per heavy atom. The number of phenols is 1. The zero-order chi connectivity index (χ0) is 44.3. The van der Waals surface area contributed by atoms with E-state index in [9.17, 15) is 24.3 Å². The van der Waals surface area contributed by atoms with Gasteiger partial charge in [0.15, 0.2) is 6.10 Å². The first kappa shape index (κ1) is 53.7. The Morgan fingerprint density at radius 3 is 2.00 bits per heavy atom. The summed E-state index contributed by atoms with van der Waals surface area (Å²) in [6.07, 6.45) is 30.6. The Balaban J connectivity index is 2.54. The van der Waals surface area contributed by atoms with Crippen molar-refractivity contribution >= 4 is 51.0 Å². The van der Waals surface area contributed by atoms with Gasteiger partial charge in [0.25, 0.3) is 5.91 Å². The molecule has 334 valence electrons. The SMILES string of the molecule is C=C(CCCCC)NCCSSCCNC(=O)CCNC(=O)[C@H](OC(=O)c1cc(N)ccc1O)C(C)(C)COC(=O)CCC/C=C/C/C=C\C/C=C\C/C=C\C/C=C\CC. The van der Waals surface area contributed by atoms with E-state index < -0.39 is 29.4 Å². The van der Waals surface area contributed by atoms with Crippen molar-refractivity contribution in [1.29, 1.82) is 0 Å². The number of esters is 2. The molecule has 0 spiro atoms. The topological polar surface area (TPSA) is 169 Å². The normalized spacial score (nSPS) is 12.5. The Kier molecular flexibility index (Phi) is 30.7. The number of ether oxygens (including phenoxy) is 2. The highest BCUT2D eigenvalue weighted by Crippen LogP contribution is 2.28. The lowest BCUT2D eigenvalue weighted by molar-refractivity contribution is -0.153. The molecular weight excluding hydrogens is 797 g/mol. The molecule has 60 heavy (non-hydrogen) atoms. The number of aromatic hydroxyl groups is 1. The smallest absolute Gasteiger partial charge is 0.342 e. The monoisotopic (exact) mass is 868 g/mol. The van der Waals surface area contributed by atoms with Gasteiger partial charge >= 0.3 is 11.9 Å². The predicted octanol–water partition coefficient (Wildman–Crippen LogP) is 9.68. The standard InChI is InChI=1S/C47H72N4O7S2/c1-6-8-10-11-12-13-14-15-16-17-18-19-20-21-22-23-25-27-43(54)57-37-47(4,5)44(58-46(56)40-36-39(48)28-29-41(40)52)45(55)51-31-30-42(53)50-33-35-60-59-34-32-49-38(3)26-24-9-7-2/h8,10,12-13,15-16,18-19,21-22,28-29,36,44,49,52H,3,6-7,9,11,14,17,20,23-27,30-35,37,48H2,1-2,4-5H3,(H,50,53)(H,51,55)/b10-8-,13-12-,16-15-,19-18-,22-21+/t44-/m0/s1. The number of allylic oxidation sites excluding steroid dienone is 11. The molecule has 1 atom stereocenters. The van der Waals surface area contributed by atoms with Gasteiger partial charge in [-0.15, -0.1) is 0 Å². The van der Waals surface area contributed by atoms with E-state index in [-0.39, 0.29) is 48.9 Å². The van der Waals surface area contributed by atoms with Gasteiger partial charge in [0, 0.05) is 60.8 Å². The van der Waals surface area contributed by atoms with Crippen LogP contribution in [0.15, 0.2) is 91.2 Å². The first-order valence-electron chi connectivity index (χ1n) is 21.3. The van der Waals surface area contributed by atoms with Crippen molar-refractivity contribution < 1.29 is 33.8 Å². The second-order valence-electron chi connectivity index (χ2n) is 14.8. The molecular formula is C47H72N4O7S2. The van der Waals surface area contributed by atoms with Crippen LogP contribution in [0.1, 0.15) is 122 Å². The molecule has 0 aliphatic carbocycles.